The van der Waals surface area contributed by atoms with Crippen LogP contribution in [0.5, 0.6) is 5.75 Å². The average Bonchev–Trinajstić information content (AvgIpc) is 3.05. The fourth-order valence-corrected chi connectivity index (χ4v) is 6.32. The Morgan fingerprint density at radius 1 is 1.22 bits per heavy atom. The molecule has 1 aromatic heterocycles. The van der Waals surface area contributed by atoms with Crippen molar-refractivity contribution in [3.63, 3.8) is 0 Å². The van der Waals surface area contributed by atoms with Crippen LogP contribution in [0.1, 0.15) is 35.8 Å². The number of methoxy groups -OCH3 is 1. The monoisotopic (exact) mass is 540 g/mol. The molecule has 126 valence electrons. The van der Waals surface area contributed by atoms with E-state index in [1.165, 1.54) is 0 Å². The van der Waals surface area contributed by atoms with Crippen molar-refractivity contribution in [2.75, 3.05) is 20.2 Å². The van der Waals surface area contributed by atoms with Crippen molar-refractivity contribution in [1.82, 2.24) is 13.3 Å². The predicted octanol–water partition coefficient (Wildman–Crippen LogP) is 0.895. The van der Waals surface area contributed by atoms with Crippen molar-refractivity contribution in [2.45, 2.75) is 32.6 Å². The second kappa shape index (κ2) is 7.64. The molecule has 0 atom stereocenters. The average molecular weight is 540 g/mol. The molecule has 23 heavy (non-hydrogen) atoms. The van der Waals surface area contributed by atoms with Gasteiger partial charge in [-0.1, -0.05) is 0 Å². The van der Waals surface area contributed by atoms with Crippen LogP contribution in [0.25, 0.3) is 11.5 Å². The van der Waals surface area contributed by atoms with E-state index >= 15 is 0 Å². The number of aryl methyl sites for hydroxylation is 2. The van der Waals surface area contributed by atoms with Crippen LogP contribution >= 0.6 is 18.6 Å². The Labute approximate surface area is 157 Å². The van der Waals surface area contributed by atoms with Gasteiger partial charge in [-0.05, 0) is 0 Å². The molecule has 0 amide bonds. The van der Waals surface area contributed by atoms with E-state index in [1.807, 2.05) is 13.0 Å². The van der Waals surface area contributed by atoms with Crippen LogP contribution in [-0.2, 0) is 0 Å². The van der Waals surface area contributed by atoms with Crippen LogP contribution in [0.3, 0.4) is 0 Å². The molecule has 2 heterocycles. The summed E-state index contributed by atoms with van der Waals surface area (Å²) >= 11 is 2.70. The van der Waals surface area contributed by atoms with Crippen molar-refractivity contribution in [3.8, 4) is 17.2 Å². The normalized spacial score (nSPS) is 16.9. The molecular formula is C16H20I2N3O2-. The first-order chi connectivity index (χ1) is 11.1. The van der Waals surface area contributed by atoms with Crippen molar-refractivity contribution >= 4 is 18.6 Å². The topological polar surface area (TPSA) is 51.4 Å². The summed E-state index contributed by atoms with van der Waals surface area (Å²) in [6.07, 6.45) is 2.22. The molecule has 0 spiro atoms. The van der Waals surface area contributed by atoms with E-state index in [9.17, 15) is 0 Å². The number of aromatic nitrogens is 2. The van der Waals surface area contributed by atoms with E-state index < -0.39 is 0 Å². The SMILES string of the molecule is COc1cc(-c2nnc(C3CCN([I-]I)CC3)o2)c(C)cc1C. The number of halogens is 2. The van der Waals surface area contributed by atoms with Crippen molar-refractivity contribution < 1.29 is 26.7 Å². The van der Waals surface area contributed by atoms with Crippen LogP contribution < -0.4 is 22.2 Å². The molecule has 7 heteroatoms. The molecule has 0 bridgehead atoms. The van der Waals surface area contributed by atoms with Gasteiger partial charge in [-0.25, -0.2) is 0 Å². The number of hydrogen-bond donors (Lipinski definition) is 0. The maximum atomic E-state index is 6.01. The molecule has 0 N–H and O–H groups in total. The molecule has 0 unspecified atom stereocenters. The first-order valence-corrected chi connectivity index (χ1v) is 14.9. The van der Waals surface area contributed by atoms with Gasteiger partial charge in [0, 0.05) is 0 Å². The number of benzene rings is 1. The molecule has 0 aliphatic carbocycles. The van der Waals surface area contributed by atoms with Gasteiger partial charge in [-0.15, -0.1) is 0 Å². The van der Waals surface area contributed by atoms with E-state index in [0.29, 0.717) is 11.8 Å². The standard InChI is InChI=1S/C16H20I2N3O2/c1-10-8-11(2)14(22-3)9-13(10)16-20-19-15(23-16)12-4-6-21(18-17)7-5-12/h8-9,12H,4-7H2,1-3H3/q-1. The van der Waals surface area contributed by atoms with Gasteiger partial charge < -0.3 is 0 Å². The first kappa shape index (κ1) is 17.4. The Morgan fingerprint density at radius 2 is 1.96 bits per heavy atom. The van der Waals surface area contributed by atoms with E-state index in [0.717, 1.165) is 54.3 Å². The zero-order chi connectivity index (χ0) is 16.4. The zero-order valence-corrected chi connectivity index (χ0v) is 17.8. The van der Waals surface area contributed by atoms with E-state index in [4.69, 9.17) is 9.15 Å². The number of hydrogen-bond acceptors (Lipinski definition) is 5. The van der Waals surface area contributed by atoms with Crippen LogP contribution in [0.15, 0.2) is 16.5 Å². The third kappa shape index (κ3) is 3.81. The summed E-state index contributed by atoms with van der Waals surface area (Å²) in [6.45, 7) is 6.40. The molecule has 1 fully saturated rings. The molecule has 1 aliphatic heterocycles. The summed E-state index contributed by atoms with van der Waals surface area (Å²) in [6, 6.07) is 4.09. The van der Waals surface area contributed by atoms with Crippen LogP contribution in [0.2, 0.25) is 0 Å². The van der Waals surface area contributed by atoms with E-state index in [-0.39, 0.29) is 17.5 Å². The molecule has 1 aliphatic rings. The van der Waals surface area contributed by atoms with Gasteiger partial charge in [-0.2, -0.15) is 0 Å². The Hall–Kier alpha value is -0.420. The minimum absolute atomic E-state index is 0.174. The molecule has 5 nitrogen and oxygen atoms in total. The quantitative estimate of drug-likeness (QED) is 0.427. The summed E-state index contributed by atoms with van der Waals surface area (Å²) < 4.78 is 14.0. The van der Waals surface area contributed by atoms with Gasteiger partial charge in [0.05, 0.1) is 0 Å². The van der Waals surface area contributed by atoms with Gasteiger partial charge in [-0.3, -0.25) is 0 Å². The molecule has 0 radical (unpaired) electrons. The second-order valence-corrected chi connectivity index (χ2v) is 10.0. The third-order valence-electron chi connectivity index (χ3n) is 4.29. The zero-order valence-electron chi connectivity index (χ0n) is 13.5. The van der Waals surface area contributed by atoms with Gasteiger partial charge in [0.1, 0.15) is 0 Å². The van der Waals surface area contributed by atoms with Crippen molar-refractivity contribution in [2.24, 2.45) is 0 Å². The van der Waals surface area contributed by atoms with E-state index in [2.05, 4.69) is 44.9 Å². The molecule has 1 saturated heterocycles. The number of rotatable bonds is 4. The van der Waals surface area contributed by atoms with Crippen LogP contribution in [-0.4, -0.2) is 33.5 Å². The van der Waals surface area contributed by atoms with Crippen LogP contribution in [0, 0.1) is 13.8 Å². The predicted molar refractivity (Wildman–Crippen MR) is 93.3 cm³/mol. The Kier molecular flexibility index (Phi) is 5.78. The Balaban J connectivity index is 1.82. The number of piperidine rings is 1. The first-order valence-electron chi connectivity index (χ1n) is 7.62. The van der Waals surface area contributed by atoms with Crippen molar-refractivity contribution in [3.05, 3.63) is 29.2 Å². The summed E-state index contributed by atoms with van der Waals surface area (Å²) in [5, 5.41) is 8.60. The number of nitrogens with zero attached hydrogens (tertiary/aromatic N) is 3. The molecule has 3 rings (SSSR count). The molecule has 2 aromatic rings. The van der Waals surface area contributed by atoms with Gasteiger partial charge >= 0.3 is 158 Å². The summed E-state index contributed by atoms with van der Waals surface area (Å²) in [4.78, 5) is 0. The second-order valence-electron chi connectivity index (χ2n) is 5.83. The third-order valence-corrected chi connectivity index (χ3v) is 9.23. The van der Waals surface area contributed by atoms with E-state index in [1.54, 1.807) is 7.11 Å². The Bertz CT molecular complexity index is 682. The molecule has 0 saturated carbocycles. The van der Waals surface area contributed by atoms with Gasteiger partial charge in [0.2, 0.25) is 0 Å². The number of ether oxygens (including phenoxy) is 1. The molecular weight excluding hydrogens is 520 g/mol. The summed E-state index contributed by atoms with van der Waals surface area (Å²) in [5.41, 5.74) is 3.20. The minimum atomic E-state index is 0.174. The summed E-state index contributed by atoms with van der Waals surface area (Å²) in [5.74, 6) is 2.63. The van der Waals surface area contributed by atoms with Gasteiger partial charge in [0.15, 0.2) is 0 Å². The Morgan fingerprint density at radius 3 is 2.61 bits per heavy atom. The van der Waals surface area contributed by atoms with Crippen LogP contribution in [0.4, 0.5) is 0 Å². The van der Waals surface area contributed by atoms with Gasteiger partial charge in [0.25, 0.3) is 0 Å². The fourth-order valence-electron chi connectivity index (χ4n) is 2.95. The summed E-state index contributed by atoms with van der Waals surface area (Å²) in [7, 11) is 1.68. The van der Waals surface area contributed by atoms with Crippen molar-refractivity contribution in [1.29, 1.82) is 0 Å². The maximum absolute atomic E-state index is 6.01. The molecule has 1 aromatic carbocycles. The fraction of sp³-hybridized carbons (Fsp3) is 0.500.